The molecule has 3 rings (SSSR count). The molecular weight excluding hydrogens is 336 g/mol. The Labute approximate surface area is 129 Å². The summed E-state index contributed by atoms with van der Waals surface area (Å²) < 4.78 is 5.84. The highest BCUT2D eigenvalue weighted by atomic mass is 79.9. The molecular formula is C15H11BrN2O3. The van der Waals surface area contributed by atoms with Crippen LogP contribution >= 0.6 is 15.9 Å². The van der Waals surface area contributed by atoms with Gasteiger partial charge in [0, 0.05) is 0 Å². The molecule has 0 radical (unpaired) electrons. The topological polar surface area (TPSA) is 59.5 Å². The maximum absolute atomic E-state index is 12.3. The molecule has 1 aromatic heterocycles. The van der Waals surface area contributed by atoms with Gasteiger partial charge in [-0.25, -0.2) is 4.98 Å². The van der Waals surface area contributed by atoms with Gasteiger partial charge in [0.1, 0.15) is 0 Å². The lowest BCUT2D eigenvalue weighted by molar-refractivity contribution is 0.0640. The van der Waals surface area contributed by atoms with Gasteiger partial charge in [-0.3, -0.25) is 14.5 Å². The van der Waals surface area contributed by atoms with Gasteiger partial charge in [-0.05, 0) is 40.2 Å². The van der Waals surface area contributed by atoms with E-state index in [1.54, 1.807) is 36.4 Å². The van der Waals surface area contributed by atoms with Gasteiger partial charge in [-0.1, -0.05) is 12.1 Å². The zero-order valence-corrected chi connectivity index (χ0v) is 12.8. The maximum atomic E-state index is 12.3. The molecule has 1 aliphatic rings. The van der Waals surface area contributed by atoms with Crippen molar-refractivity contribution < 1.29 is 14.3 Å². The first kappa shape index (κ1) is 13.8. The Hall–Kier alpha value is -2.21. The molecule has 0 fully saturated rings. The average molecular weight is 347 g/mol. The largest absolute Gasteiger partial charge is 0.480 e. The summed E-state index contributed by atoms with van der Waals surface area (Å²) in [6, 6.07) is 10.3. The van der Waals surface area contributed by atoms with Crippen LogP contribution in [0.4, 0.5) is 0 Å². The predicted octanol–water partition coefficient (Wildman–Crippen LogP) is 2.65. The summed E-state index contributed by atoms with van der Waals surface area (Å²) in [5.74, 6) is -0.164. The van der Waals surface area contributed by atoms with Crippen molar-refractivity contribution in [3.8, 4) is 5.88 Å². The smallest absolute Gasteiger partial charge is 0.261 e. The lowest BCUT2D eigenvalue weighted by Crippen LogP contribution is -2.29. The Morgan fingerprint density at radius 2 is 1.71 bits per heavy atom. The predicted molar refractivity (Wildman–Crippen MR) is 79.1 cm³/mol. The zero-order chi connectivity index (χ0) is 15.0. The van der Waals surface area contributed by atoms with E-state index < -0.39 is 0 Å². The van der Waals surface area contributed by atoms with Crippen LogP contribution in [-0.4, -0.2) is 28.8 Å². The molecule has 0 unspecified atom stereocenters. The fourth-order valence-electron chi connectivity index (χ4n) is 2.24. The standard InChI is InChI=1S/C15H11BrN2O3/c1-21-13-12(16)7-6-9(17-13)8-18-14(19)10-4-2-3-5-11(10)15(18)20/h2-7H,8H2,1H3. The van der Waals surface area contributed by atoms with Gasteiger partial charge < -0.3 is 4.74 Å². The number of carbonyl (C=O) groups excluding carboxylic acids is 2. The molecule has 0 aliphatic carbocycles. The monoisotopic (exact) mass is 346 g/mol. The quantitative estimate of drug-likeness (QED) is 0.801. The first-order valence-electron chi connectivity index (χ1n) is 6.26. The molecule has 6 heteroatoms. The number of rotatable bonds is 3. The lowest BCUT2D eigenvalue weighted by atomic mass is 10.1. The number of methoxy groups -OCH3 is 1. The number of nitrogens with zero attached hydrogens (tertiary/aromatic N) is 2. The highest BCUT2D eigenvalue weighted by Crippen LogP contribution is 2.26. The van der Waals surface area contributed by atoms with Crippen molar-refractivity contribution in [1.82, 2.24) is 9.88 Å². The minimum absolute atomic E-state index is 0.121. The lowest BCUT2D eigenvalue weighted by Gasteiger charge is -2.14. The number of imide groups is 1. The number of amides is 2. The number of pyridine rings is 1. The van der Waals surface area contributed by atoms with E-state index in [4.69, 9.17) is 4.74 Å². The van der Waals surface area contributed by atoms with Gasteiger partial charge in [0.2, 0.25) is 5.88 Å². The van der Waals surface area contributed by atoms with E-state index in [2.05, 4.69) is 20.9 Å². The van der Waals surface area contributed by atoms with Crippen LogP contribution in [0, 0.1) is 0 Å². The van der Waals surface area contributed by atoms with Crippen LogP contribution in [0.3, 0.4) is 0 Å². The Morgan fingerprint density at radius 1 is 1.10 bits per heavy atom. The molecule has 106 valence electrons. The molecule has 5 nitrogen and oxygen atoms in total. The van der Waals surface area contributed by atoms with Crippen molar-refractivity contribution in [1.29, 1.82) is 0 Å². The second-order valence-electron chi connectivity index (χ2n) is 4.54. The van der Waals surface area contributed by atoms with Crippen molar-refractivity contribution in [2.75, 3.05) is 7.11 Å². The molecule has 0 spiro atoms. The molecule has 2 aromatic rings. The molecule has 0 saturated carbocycles. The number of hydrogen-bond donors (Lipinski definition) is 0. The van der Waals surface area contributed by atoms with Crippen LogP contribution in [0.15, 0.2) is 40.9 Å². The molecule has 0 atom stereocenters. The van der Waals surface area contributed by atoms with Crippen LogP contribution in [0.25, 0.3) is 0 Å². The molecule has 2 amide bonds. The number of hydrogen-bond acceptors (Lipinski definition) is 4. The first-order chi connectivity index (χ1) is 10.1. The number of carbonyl (C=O) groups is 2. The molecule has 1 aliphatic heterocycles. The maximum Gasteiger partial charge on any atom is 0.261 e. The third-order valence-electron chi connectivity index (χ3n) is 3.26. The van der Waals surface area contributed by atoms with E-state index in [-0.39, 0.29) is 18.4 Å². The molecule has 0 N–H and O–H groups in total. The van der Waals surface area contributed by atoms with Crippen molar-refractivity contribution in [3.05, 3.63) is 57.7 Å². The van der Waals surface area contributed by atoms with Gasteiger partial charge in [-0.2, -0.15) is 0 Å². The fraction of sp³-hybridized carbons (Fsp3) is 0.133. The van der Waals surface area contributed by atoms with Crippen molar-refractivity contribution in [3.63, 3.8) is 0 Å². The third-order valence-corrected chi connectivity index (χ3v) is 3.87. The molecule has 2 heterocycles. The van der Waals surface area contributed by atoms with Gasteiger partial charge in [0.05, 0.1) is 34.9 Å². The Kier molecular flexibility index (Phi) is 3.47. The van der Waals surface area contributed by atoms with Crippen molar-refractivity contribution in [2.45, 2.75) is 6.54 Å². The number of fused-ring (bicyclic) bond motifs is 1. The third kappa shape index (κ3) is 2.31. The minimum atomic E-state index is -0.292. The molecule has 0 saturated heterocycles. The summed E-state index contributed by atoms with van der Waals surface area (Å²) in [5, 5.41) is 0. The van der Waals surface area contributed by atoms with E-state index in [1.807, 2.05) is 0 Å². The van der Waals surface area contributed by atoms with Crippen LogP contribution < -0.4 is 4.74 Å². The highest BCUT2D eigenvalue weighted by Gasteiger charge is 2.35. The summed E-state index contributed by atoms with van der Waals surface area (Å²) in [7, 11) is 1.51. The summed E-state index contributed by atoms with van der Waals surface area (Å²) in [6.45, 7) is 0.121. The summed E-state index contributed by atoms with van der Waals surface area (Å²) in [6.07, 6.45) is 0. The second kappa shape index (κ2) is 5.29. The number of halogens is 1. The van der Waals surface area contributed by atoms with Crippen LogP contribution in [0.1, 0.15) is 26.4 Å². The fourth-order valence-corrected chi connectivity index (χ4v) is 2.62. The van der Waals surface area contributed by atoms with Crippen molar-refractivity contribution >= 4 is 27.7 Å². The zero-order valence-electron chi connectivity index (χ0n) is 11.2. The number of benzene rings is 1. The van der Waals surface area contributed by atoms with Crippen LogP contribution in [0.5, 0.6) is 5.88 Å². The summed E-state index contributed by atoms with van der Waals surface area (Å²) >= 11 is 3.32. The average Bonchev–Trinajstić information content (AvgIpc) is 2.74. The van der Waals surface area contributed by atoms with E-state index in [9.17, 15) is 9.59 Å². The Balaban J connectivity index is 1.90. The van der Waals surface area contributed by atoms with E-state index in [0.29, 0.717) is 22.7 Å². The van der Waals surface area contributed by atoms with Crippen molar-refractivity contribution in [2.24, 2.45) is 0 Å². The van der Waals surface area contributed by atoms with E-state index in [1.165, 1.54) is 12.0 Å². The Bertz CT molecular complexity index is 710. The van der Waals surface area contributed by atoms with Gasteiger partial charge in [-0.15, -0.1) is 0 Å². The van der Waals surface area contributed by atoms with Crippen LogP contribution in [-0.2, 0) is 6.54 Å². The highest BCUT2D eigenvalue weighted by molar-refractivity contribution is 9.10. The SMILES string of the molecule is COc1nc(CN2C(=O)c3ccccc3C2=O)ccc1Br. The summed E-state index contributed by atoms with van der Waals surface area (Å²) in [5.41, 5.74) is 1.46. The van der Waals surface area contributed by atoms with Crippen LogP contribution in [0.2, 0.25) is 0 Å². The number of ether oxygens (including phenoxy) is 1. The van der Waals surface area contributed by atoms with Gasteiger partial charge in [0.25, 0.3) is 11.8 Å². The normalized spacial score (nSPS) is 13.5. The van der Waals surface area contributed by atoms with E-state index >= 15 is 0 Å². The minimum Gasteiger partial charge on any atom is -0.480 e. The van der Waals surface area contributed by atoms with Gasteiger partial charge >= 0.3 is 0 Å². The Morgan fingerprint density at radius 3 is 2.29 bits per heavy atom. The van der Waals surface area contributed by atoms with Gasteiger partial charge in [0.15, 0.2) is 0 Å². The second-order valence-corrected chi connectivity index (χ2v) is 5.39. The van der Waals surface area contributed by atoms with E-state index in [0.717, 1.165) is 4.47 Å². The summed E-state index contributed by atoms with van der Waals surface area (Å²) in [4.78, 5) is 30.0. The molecule has 0 bridgehead atoms. The number of aromatic nitrogens is 1. The molecule has 1 aromatic carbocycles. The molecule has 21 heavy (non-hydrogen) atoms. The first-order valence-corrected chi connectivity index (χ1v) is 7.05.